The normalized spacial score (nSPS) is 19.6. The van der Waals surface area contributed by atoms with Crippen LogP contribution in [0.5, 0.6) is 0 Å². The first-order valence-corrected chi connectivity index (χ1v) is 11.4. The first kappa shape index (κ1) is 24.6. The summed E-state index contributed by atoms with van der Waals surface area (Å²) < 4.78 is 39.7. The van der Waals surface area contributed by atoms with E-state index in [1.807, 2.05) is 0 Å². The van der Waals surface area contributed by atoms with E-state index in [9.17, 15) is 27.6 Å². The first-order valence-electron chi connectivity index (χ1n) is 11.4. The third-order valence-electron chi connectivity index (χ3n) is 6.20. The predicted octanol–water partition coefficient (Wildman–Crippen LogP) is 2.59. The average molecular weight is 490 g/mol. The fraction of sp³-hybridized carbons (Fsp3) is 0.478. The van der Waals surface area contributed by atoms with Gasteiger partial charge in [0.25, 0.3) is 5.91 Å². The average Bonchev–Trinajstić information content (AvgIpc) is 3.22. The van der Waals surface area contributed by atoms with E-state index in [1.54, 1.807) is 11.8 Å². The van der Waals surface area contributed by atoms with E-state index in [-0.39, 0.29) is 42.9 Å². The number of aromatic nitrogens is 4. The van der Waals surface area contributed by atoms with Crippen molar-refractivity contribution in [2.24, 2.45) is 0 Å². The van der Waals surface area contributed by atoms with Crippen LogP contribution >= 0.6 is 0 Å². The number of aryl methyl sites for hydroxylation is 1. The molecular formula is C23H25F3N6O3. The Hall–Kier alpha value is -3.57. The van der Waals surface area contributed by atoms with Crippen molar-refractivity contribution in [3.8, 4) is 0 Å². The summed E-state index contributed by atoms with van der Waals surface area (Å²) in [6.07, 6.45) is 0.838. The Kier molecular flexibility index (Phi) is 6.99. The second-order valence-corrected chi connectivity index (χ2v) is 8.69. The van der Waals surface area contributed by atoms with E-state index in [4.69, 9.17) is 0 Å². The van der Waals surface area contributed by atoms with Crippen LogP contribution in [0.4, 0.5) is 13.2 Å². The Morgan fingerprint density at radius 2 is 1.97 bits per heavy atom. The minimum Gasteiger partial charge on any atom is -0.339 e. The number of hydrogen-bond donors (Lipinski definition) is 0. The highest BCUT2D eigenvalue weighted by atomic mass is 19.4. The van der Waals surface area contributed by atoms with Crippen molar-refractivity contribution in [3.05, 3.63) is 46.8 Å². The van der Waals surface area contributed by atoms with Crippen LogP contribution in [0.25, 0.3) is 6.08 Å². The van der Waals surface area contributed by atoms with Crippen molar-refractivity contribution < 1.29 is 27.6 Å². The quantitative estimate of drug-likeness (QED) is 0.598. The number of rotatable bonds is 5. The van der Waals surface area contributed by atoms with Gasteiger partial charge in [0.15, 0.2) is 5.82 Å². The highest BCUT2D eigenvalue weighted by Gasteiger charge is 2.35. The molecule has 0 radical (unpaired) electrons. The van der Waals surface area contributed by atoms with Crippen LogP contribution in [0, 0.1) is 6.92 Å². The van der Waals surface area contributed by atoms with Crippen LogP contribution < -0.4 is 0 Å². The van der Waals surface area contributed by atoms with Gasteiger partial charge in [0.1, 0.15) is 0 Å². The van der Waals surface area contributed by atoms with E-state index in [0.29, 0.717) is 30.8 Å². The largest absolute Gasteiger partial charge is 0.416 e. The highest BCUT2D eigenvalue weighted by Crippen LogP contribution is 2.31. The van der Waals surface area contributed by atoms with Gasteiger partial charge in [0.2, 0.25) is 11.8 Å². The fourth-order valence-electron chi connectivity index (χ4n) is 4.40. The van der Waals surface area contributed by atoms with Crippen LogP contribution in [-0.4, -0.2) is 66.9 Å². The molecule has 1 unspecified atom stereocenters. The number of alkyl halides is 3. The molecule has 35 heavy (non-hydrogen) atoms. The molecule has 9 nitrogen and oxygen atoms in total. The van der Waals surface area contributed by atoms with Crippen molar-refractivity contribution in [1.82, 2.24) is 30.0 Å². The summed E-state index contributed by atoms with van der Waals surface area (Å²) in [4.78, 5) is 41.6. The van der Waals surface area contributed by atoms with Gasteiger partial charge in [-0.3, -0.25) is 19.3 Å². The van der Waals surface area contributed by atoms with Gasteiger partial charge in [0.05, 0.1) is 12.1 Å². The number of nitrogens with zero attached hydrogens (tertiary/aromatic N) is 6. The monoisotopic (exact) mass is 490 g/mol. The highest BCUT2D eigenvalue weighted by molar-refractivity contribution is 6.03. The minimum atomic E-state index is -4.54. The molecule has 2 aliphatic rings. The molecule has 1 aromatic carbocycles. The lowest BCUT2D eigenvalue weighted by atomic mass is 9.98. The van der Waals surface area contributed by atoms with Crippen molar-refractivity contribution in [2.75, 3.05) is 13.1 Å². The Labute approximate surface area is 199 Å². The van der Waals surface area contributed by atoms with E-state index in [2.05, 4.69) is 15.4 Å². The molecule has 0 N–H and O–H groups in total. The van der Waals surface area contributed by atoms with Crippen molar-refractivity contribution >= 4 is 23.8 Å². The molecule has 3 amide bonds. The molecule has 1 atom stereocenters. The smallest absolute Gasteiger partial charge is 0.339 e. The van der Waals surface area contributed by atoms with Gasteiger partial charge < -0.3 is 4.90 Å². The summed E-state index contributed by atoms with van der Waals surface area (Å²) in [6.45, 7) is 2.34. The zero-order valence-electron chi connectivity index (χ0n) is 19.2. The lowest BCUT2D eigenvalue weighted by molar-refractivity contribution is -0.148. The Morgan fingerprint density at radius 1 is 1.17 bits per heavy atom. The number of carbonyl (C=O) groups is 3. The maximum Gasteiger partial charge on any atom is 0.416 e. The molecule has 2 fully saturated rings. The number of benzene rings is 1. The molecule has 0 spiro atoms. The minimum absolute atomic E-state index is 0.0422. The number of tetrazole rings is 1. The Balaban J connectivity index is 1.48. The number of amides is 3. The van der Waals surface area contributed by atoms with Gasteiger partial charge in [-0.2, -0.15) is 18.0 Å². The molecule has 2 saturated heterocycles. The third-order valence-corrected chi connectivity index (χ3v) is 6.20. The molecule has 2 aromatic rings. The molecule has 4 rings (SSSR count). The molecule has 186 valence electrons. The van der Waals surface area contributed by atoms with Gasteiger partial charge in [-0.1, -0.05) is 6.07 Å². The number of imide groups is 1. The zero-order valence-corrected chi connectivity index (χ0v) is 19.2. The summed E-state index contributed by atoms with van der Waals surface area (Å²) in [7, 11) is 0. The summed E-state index contributed by atoms with van der Waals surface area (Å²) in [5, 5.41) is 11.5. The number of piperidine rings is 2. The standard InChI is InChI=1S/C23H25F3N6O3/c1-15-27-29-32(28-15)14-17-12-18(23(24,25)26)7-5-16(17)6-8-21(34)31-11-9-19(13-22(31)35)30-10-3-2-4-20(30)33/h5-8,12,19H,2-4,9-11,13-14H2,1H3/b8-6+. The maximum atomic E-state index is 13.2. The topological polar surface area (TPSA) is 101 Å². The molecule has 0 saturated carbocycles. The zero-order chi connectivity index (χ0) is 25.2. The number of likely N-dealkylation sites (tertiary alicyclic amines) is 2. The summed E-state index contributed by atoms with van der Waals surface area (Å²) >= 11 is 0. The summed E-state index contributed by atoms with van der Waals surface area (Å²) in [5.74, 6) is -0.513. The summed E-state index contributed by atoms with van der Waals surface area (Å²) in [5.41, 5.74) is -0.227. The molecule has 12 heteroatoms. The SMILES string of the molecule is Cc1nnn(Cc2cc(C(F)(F)F)ccc2/C=C/C(=O)N2CCC(N3CCCCC3=O)CC2=O)n1. The van der Waals surface area contributed by atoms with Gasteiger partial charge in [0, 0.05) is 38.0 Å². The van der Waals surface area contributed by atoms with Gasteiger partial charge in [-0.15, -0.1) is 10.2 Å². The predicted molar refractivity (Wildman–Crippen MR) is 117 cm³/mol. The van der Waals surface area contributed by atoms with Crippen LogP contribution in [0.3, 0.4) is 0 Å². The van der Waals surface area contributed by atoms with Gasteiger partial charge in [-0.25, -0.2) is 0 Å². The second kappa shape index (κ2) is 9.96. The fourth-order valence-corrected chi connectivity index (χ4v) is 4.40. The van der Waals surface area contributed by atoms with Gasteiger partial charge >= 0.3 is 6.18 Å². The van der Waals surface area contributed by atoms with Crippen molar-refractivity contribution in [1.29, 1.82) is 0 Å². The number of hydrogen-bond acceptors (Lipinski definition) is 6. The third kappa shape index (κ3) is 5.75. The first-order chi connectivity index (χ1) is 16.6. The summed E-state index contributed by atoms with van der Waals surface area (Å²) in [6, 6.07) is 2.97. The molecule has 3 heterocycles. The van der Waals surface area contributed by atoms with Crippen LogP contribution in [-0.2, 0) is 27.1 Å². The van der Waals surface area contributed by atoms with E-state index >= 15 is 0 Å². The second-order valence-electron chi connectivity index (χ2n) is 8.69. The van der Waals surface area contributed by atoms with Crippen LogP contribution in [0.1, 0.15) is 54.6 Å². The molecule has 1 aromatic heterocycles. The van der Waals surface area contributed by atoms with Crippen molar-refractivity contribution in [3.63, 3.8) is 0 Å². The maximum absolute atomic E-state index is 13.2. The Morgan fingerprint density at radius 3 is 2.63 bits per heavy atom. The van der Waals surface area contributed by atoms with Crippen LogP contribution in [0.15, 0.2) is 24.3 Å². The molecule has 0 aliphatic carbocycles. The van der Waals surface area contributed by atoms with E-state index < -0.39 is 17.6 Å². The van der Waals surface area contributed by atoms with Crippen molar-refractivity contribution in [2.45, 2.75) is 57.8 Å². The van der Waals surface area contributed by atoms with Gasteiger partial charge in [-0.05, 0) is 60.7 Å². The van der Waals surface area contributed by atoms with E-state index in [1.165, 1.54) is 23.0 Å². The molecular weight excluding hydrogens is 465 g/mol. The molecule has 2 aliphatic heterocycles. The Bertz CT molecular complexity index is 1160. The van der Waals surface area contributed by atoms with E-state index in [0.717, 1.165) is 29.9 Å². The lowest BCUT2D eigenvalue weighted by Crippen LogP contribution is -2.52. The number of carbonyl (C=O) groups excluding carboxylic acids is 3. The number of halogens is 3. The van der Waals surface area contributed by atoms with Crippen LogP contribution in [0.2, 0.25) is 0 Å². The lowest BCUT2D eigenvalue weighted by Gasteiger charge is -2.39. The molecule has 0 bridgehead atoms.